The van der Waals surface area contributed by atoms with E-state index in [9.17, 15) is 4.79 Å². The van der Waals surface area contributed by atoms with E-state index in [-0.39, 0.29) is 17.4 Å². The first kappa shape index (κ1) is 14.6. The Morgan fingerprint density at radius 2 is 1.89 bits per heavy atom. The van der Waals surface area contributed by atoms with Gasteiger partial charge in [0.2, 0.25) is 0 Å². The fourth-order valence-corrected chi connectivity index (χ4v) is 1.81. The average molecular weight is 248 g/mol. The molecule has 2 N–H and O–H groups in total. The molecule has 0 spiro atoms. The number of carbonyl (C=O) groups is 1. The van der Waals surface area contributed by atoms with Crippen molar-refractivity contribution >= 4 is 11.6 Å². The molecule has 1 unspecified atom stereocenters. The van der Waals surface area contributed by atoms with Gasteiger partial charge in [-0.25, -0.2) is 0 Å². The Bertz CT molecular complexity index is 446. The number of hydrogen-bond donors (Lipinski definition) is 1. The summed E-state index contributed by atoms with van der Waals surface area (Å²) in [6.45, 7) is 10.4. The minimum Gasteiger partial charge on any atom is -0.398 e. The zero-order chi connectivity index (χ0) is 14.1. The number of nitrogen functional groups attached to an aromatic ring is 1. The lowest BCUT2D eigenvalue weighted by molar-refractivity contribution is 0.0630. The number of carbonyl (C=O) groups excluding carboxylic acids is 1. The van der Waals surface area contributed by atoms with E-state index >= 15 is 0 Å². The molecule has 0 radical (unpaired) electrons. The van der Waals surface area contributed by atoms with Gasteiger partial charge >= 0.3 is 0 Å². The Morgan fingerprint density at radius 1 is 1.33 bits per heavy atom. The van der Waals surface area contributed by atoms with Crippen LogP contribution in [-0.4, -0.2) is 23.9 Å². The van der Waals surface area contributed by atoms with Crippen molar-refractivity contribution in [2.24, 2.45) is 5.41 Å². The summed E-state index contributed by atoms with van der Waals surface area (Å²) in [5, 5.41) is 0. The van der Waals surface area contributed by atoms with Crippen LogP contribution in [0, 0.1) is 12.3 Å². The topological polar surface area (TPSA) is 46.3 Å². The molecule has 0 saturated carbocycles. The summed E-state index contributed by atoms with van der Waals surface area (Å²) < 4.78 is 0. The zero-order valence-corrected chi connectivity index (χ0v) is 12.2. The highest BCUT2D eigenvalue weighted by atomic mass is 16.2. The van der Waals surface area contributed by atoms with E-state index in [0.29, 0.717) is 11.3 Å². The van der Waals surface area contributed by atoms with Crippen LogP contribution < -0.4 is 5.73 Å². The van der Waals surface area contributed by atoms with Crippen LogP contribution in [0.3, 0.4) is 0 Å². The van der Waals surface area contributed by atoms with Crippen LogP contribution in [0.1, 0.15) is 43.6 Å². The lowest BCUT2D eigenvalue weighted by Crippen LogP contribution is -2.43. The Labute approximate surface area is 110 Å². The van der Waals surface area contributed by atoms with Crippen LogP contribution in [0.4, 0.5) is 5.69 Å². The number of nitrogens with two attached hydrogens (primary N) is 1. The summed E-state index contributed by atoms with van der Waals surface area (Å²) in [6.07, 6.45) is 0. The van der Waals surface area contributed by atoms with Crippen LogP contribution in [0.2, 0.25) is 0 Å². The lowest BCUT2D eigenvalue weighted by atomic mass is 9.87. The summed E-state index contributed by atoms with van der Waals surface area (Å²) in [4.78, 5) is 14.2. The summed E-state index contributed by atoms with van der Waals surface area (Å²) in [6, 6.07) is 5.72. The number of para-hydroxylation sites is 1. The van der Waals surface area contributed by atoms with Crippen molar-refractivity contribution in [1.29, 1.82) is 0 Å². The SMILES string of the molecule is Cc1cccc(C(=O)N(C)C(C)C(C)(C)C)c1N. The van der Waals surface area contributed by atoms with E-state index < -0.39 is 0 Å². The fourth-order valence-electron chi connectivity index (χ4n) is 1.81. The monoisotopic (exact) mass is 248 g/mol. The van der Waals surface area contributed by atoms with Gasteiger partial charge in [-0.15, -0.1) is 0 Å². The second kappa shape index (κ2) is 5.01. The van der Waals surface area contributed by atoms with Gasteiger partial charge in [-0.1, -0.05) is 32.9 Å². The second-order valence-electron chi connectivity index (χ2n) is 5.99. The molecule has 18 heavy (non-hydrogen) atoms. The molecule has 1 atom stereocenters. The molecule has 0 aromatic heterocycles. The van der Waals surface area contributed by atoms with Gasteiger partial charge in [0, 0.05) is 18.8 Å². The smallest absolute Gasteiger partial charge is 0.255 e. The molecule has 1 amide bonds. The molecule has 0 aliphatic carbocycles. The lowest BCUT2D eigenvalue weighted by Gasteiger charge is -2.35. The normalized spacial score (nSPS) is 13.2. The second-order valence-corrected chi connectivity index (χ2v) is 5.99. The van der Waals surface area contributed by atoms with E-state index in [4.69, 9.17) is 5.73 Å². The zero-order valence-electron chi connectivity index (χ0n) is 12.2. The van der Waals surface area contributed by atoms with Gasteiger partial charge in [0.1, 0.15) is 0 Å². The highest BCUT2D eigenvalue weighted by Gasteiger charge is 2.28. The Kier molecular flexibility index (Phi) is 4.05. The maximum Gasteiger partial charge on any atom is 0.255 e. The number of anilines is 1. The first-order valence-electron chi connectivity index (χ1n) is 6.28. The van der Waals surface area contributed by atoms with Gasteiger partial charge in [-0.2, -0.15) is 0 Å². The molecule has 0 fully saturated rings. The molecule has 1 aromatic rings. The fraction of sp³-hybridized carbons (Fsp3) is 0.533. The molecule has 100 valence electrons. The molecule has 1 aromatic carbocycles. The van der Waals surface area contributed by atoms with Crippen LogP contribution in [-0.2, 0) is 0 Å². The van der Waals surface area contributed by atoms with Crippen LogP contribution in [0.5, 0.6) is 0 Å². The first-order valence-corrected chi connectivity index (χ1v) is 6.28. The first-order chi connectivity index (χ1) is 8.16. The average Bonchev–Trinajstić information content (AvgIpc) is 2.28. The molecule has 0 heterocycles. The summed E-state index contributed by atoms with van der Waals surface area (Å²) in [5.41, 5.74) is 8.14. The van der Waals surface area contributed by atoms with E-state index in [1.54, 1.807) is 11.0 Å². The Morgan fingerprint density at radius 3 is 2.39 bits per heavy atom. The van der Waals surface area contributed by atoms with Gasteiger partial charge in [0.25, 0.3) is 5.91 Å². The third kappa shape index (κ3) is 2.84. The molecular weight excluding hydrogens is 224 g/mol. The summed E-state index contributed by atoms with van der Waals surface area (Å²) >= 11 is 0. The predicted octanol–water partition coefficient (Wildman–Crippen LogP) is 3.08. The van der Waals surface area contributed by atoms with Crippen LogP contribution >= 0.6 is 0 Å². The number of rotatable bonds is 2. The third-order valence-electron chi connectivity index (χ3n) is 3.71. The van der Waals surface area contributed by atoms with Crippen molar-refractivity contribution in [1.82, 2.24) is 4.90 Å². The molecule has 0 aliphatic heterocycles. The highest BCUT2D eigenvalue weighted by molar-refractivity contribution is 5.99. The Balaban J connectivity index is 3.05. The van der Waals surface area contributed by atoms with Crippen molar-refractivity contribution in [3.05, 3.63) is 29.3 Å². The minimum absolute atomic E-state index is 0.0152. The summed E-state index contributed by atoms with van der Waals surface area (Å²) in [5.74, 6) is -0.0152. The van der Waals surface area contributed by atoms with E-state index in [2.05, 4.69) is 27.7 Å². The van der Waals surface area contributed by atoms with Crippen molar-refractivity contribution in [3.8, 4) is 0 Å². The van der Waals surface area contributed by atoms with Crippen molar-refractivity contribution in [2.45, 2.75) is 40.7 Å². The van der Waals surface area contributed by atoms with Crippen molar-refractivity contribution in [3.63, 3.8) is 0 Å². The van der Waals surface area contributed by atoms with Gasteiger partial charge in [0.15, 0.2) is 0 Å². The quantitative estimate of drug-likeness (QED) is 0.817. The molecule has 3 heteroatoms. The van der Waals surface area contributed by atoms with Crippen molar-refractivity contribution < 1.29 is 4.79 Å². The van der Waals surface area contributed by atoms with E-state index in [0.717, 1.165) is 5.56 Å². The van der Waals surface area contributed by atoms with E-state index in [1.807, 2.05) is 26.1 Å². The van der Waals surface area contributed by atoms with E-state index in [1.165, 1.54) is 0 Å². The molecule has 3 nitrogen and oxygen atoms in total. The third-order valence-corrected chi connectivity index (χ3v) is 3.71. The number of aryl methyl sites for hydroxylation is 1. The van der Waals surface area contributed by atoms with Crippen molar-refractivity contribution in [2.75, 3.05) is 12.8 Å². The predicted molar refractivity (Wildman–Crippen MR) is 76.6 cm³/mol. The van der Waals surface area contributed by atoms with Crippen LogP contribution in [0.25, 0.3) is 0 Å². The number of amides is 1. The summed E-state index contributed by atoms with van der Waals surface area (Å²) in [7, 11) is 1.83. The van der Waals surface area contributed by atoms with Gasteiger partial charge in [0.05, 0.1) is 5.56 Å². The maximum absolute atomic E-state index is 12.5. The molecule has 0 saturated heterocycles. The molecular formula is C15H24N2O. The van der Waals surface area contributed by atoms with Gasteiger partial charge in [-0.3, -0.25) is 4.79 Å². The molecule has 0 bridgehead atoms. The highest BCUT2D eigenvalue weighted by Crippen LogP contribution is 2.26. The number of nitrogens with zero attached hydrogens (tertiary/aromatic N) is 1. The largest absolute Gasteiger partial charge is 0.398 e. The van der Waals surface area contributed by atoms with Gasteiger partial charge in [-0.05, 0) is 30.9 Å². The number of hydrogen-bond acceptors (Lipinski definition) is 2. The molecule has 0 aliphatic rings. The van der Waals surface area contributed by atoms with Crippen LogP contribution in [0.15, 0.2) is 18.2 Å². The maximum atomic E-state index is 12.5. The minimum atomic E-state index is -0.0152. The standard InChI is InChI=1S/C15H24N2O/c1-10-8-7-9-12(13(10)16)14(18)17(6)11(2)15(3,4)5/h7-9,11H,16H2,1-6H3. The number of benzene rings is 1. The van der Waals surface area contributed by atoms with Gasteiger partial charge < -0.3 is 10.6 Å². The molecule has 1 rings (SSSR count). The Hall–Kier alpha value is -1.51.